The van der Waals surface area contributed by atoms with Gasteiger partial charge in [0.1, 0.15) is 6.61 Å². The molecule has 23 heavy (non-hydrogen) atoms. The van der Waals surface area contributed by atoms with Crippen molar-refractivity contribution in [1.29, 1.82) is 0 Å². The third kappa shape index (κ3) is 4.33. The minimum atomic E-state index is -0.346. The lowest BCUT2D eigenvalue weighted by molar-refractivity contribution is 0.132. The summed E-state index contributed by atoms with van der Waals surface area (Å²) in [4.78, 5) is 12.1. The van der Waals surface area contributed by atoms with Crippen molar-refractivity contribution < 1.29 is 9.53 Å². The molecule has 0 saturated carbocycles. The lowest BCUT2D eigenvalue weighted by Crippen LogP contribution is -2.48. The summed E-state index contributed by atoms with van der Waals surface area (Å²) in [7, 11) is 0. The van der Waals surface area contributed by atoms with Gasteiger partial charge in [0, 0.05) is 18.5 Å². The van der Waals surface area contributed by atoms with Crippen molar-refractivity contribution in [1.82, 2.24) is 10.6 Å². The van der Waals surface area contributed by atoms with E-state index in [2.05, 4.69) is 22.8 Å². The van der Waals surface area contributed by atoms with Gasteiger partial charge in [0.05, 0.1) is 0 Å². The highest BCUT2D eigenvalue weighted by molar-refractivity contribution is 5.67. The molecule has 0 bridgehead atoms. The van der Waals surface area contributed by atoms with Crippen LogP contribution in [0.5, 0.6) is 0 Å². The molecule has 1 aliphatic heterocycles. The zero-order valence-corrected chi connectivity index (χ0v) is 13.1. The van der Waals surface area contributed by atoms with Crippen LogP contribution in [0.2, 0.25) is 0 Å². The topological polar surface area (TPSA) is 50.4 Å². The van der Waals surface area contributed by atoms with Crippen LogP contribution in [0, 0.1) is 0 Å². The van der Waals surface area contributed by atoms with Gasteiger partial charge in [-0.2, -0.15) is 0 Å². The maximum atomic E-state index is 12.1. The number of hydrogen-bond acceptors (Lipinski definition) is 3. The summed E-state index contributed by atoms with van der Waals surface area (Å²) in [6.45, 7) is 2.08. The first-order valence-corrected chi connectivity index (χ1v) is 8.06. The van der Waals surface area contributed by atoms with E-state index >= 15 is 0 Å². The van der Waals surface area contributed by atoms with Crippen LogP contribution >= 0.6 is 0 Å². The van der Waals surface area contributed by atoms with Gasteiger partial charge < -0.3 is 15.4 Å². The van der Waals surface area contributed by atoms with Crippen LogP contribution in [0.4, 0.5) is 4.79 Å². The summed E-state index contributed by atoms with van der Waals surface area (Å²) in [5.74, 6) is 0.272. The van der Waals surface area contributed by atoms with Gasteiger partial charge in [-0.05, 0) is 24.1 Å². The van der Waals surface area contributed by atoms with Gasteiger partial charge in [-0.3, -0.25) is 0 Å². The van der Waals surface area contributed by atoms with Crippen LogP contribution in [0.15, 0.2) is 60.7 Å². The summed E-state index contributed by atoms with van der Waals surface area (Å²) in [5.41, 5.74) is 2.24. The van der Waals surface area contributed by atoms with Gasteiger partial charge in [-0.15, -0.1) is 0 Å². The zero-order chi connectivity index (χ0) is 15.9. The molecule has 1 heterocycles. The van der Waals surface area contributed by atoms with E-state index in [-0.39, 0.29) is 18.1 Å². The molecule has 1 saturated heterocycles. The Morgan fingerprint density at radius 1 is 1.09 bits per heavy atom. The Bertz CT molecular complexity index is 616. The van der Waals surface area contributed by atoms with Crippen molar-refractivity contribution >= 4 is 6.09 Å². The Morgan fingerprint density at radius 2 is 1.78 bits per heavy atom. The molecule has 0 unspecified atom stereocenters. The lowest BCUT2D eigenvalue weighted by atomic mass is 9.87. The molecule has 1 amide bonds. The first-order valence-electron chi connectivity index (χ1n) is 8.06. The molecular weight excluding hydrogens is 288 g/mol. The average molecular weight is 310 g/mol. The fraction of sp³-hybridized carbons (Fsp3) is 0.316. The van der Waals surface area contributed by atoms with Crippen molar-refractivity contribution in [3.05, 3.63) is 71.8 Å². The second-order valence-corrected chi connectivity index (χ2v) is 5.82. The molecule has 2 atom stereocenters. The highest BCUT2D eigenvalue weighted by atomic mass is 16.5. The molecular formula is C19H22N2O2. The van der Waals surface area contributed by atoms with Crippen LogP contribution in [0.3, 0.4) is 0 Å². The molecule has 4 heteroatoms. The Hall–Kier alpha value is -2.33. The predicted molar refractivity (Wildman–Crippen MR) is 90.2 cm³/mol. The molecule has 1 aliphatic rings. The zero-order valence-electron chi connectivity index (χ0n) is 13.1. The van der Waals surface area contributed by atoms with Crippen molar-refractivity contribution in [3.8, 4) is 0 Å². The van der Waals surface area contributed by atoms with Crippen molar-refractivity contribution in [2.45, 2.75) is 25.0 Å². The Morgan fingerprint density at radius 3 is 2.52 bits per heavy atom. The minimum absolute atomic E-state index is 0.0990. The summed E-state index contributed by atoms with van der Waals surface area (Å²) < 4.78 is 5.34. The number of piperidine rings is 1. The predicted octanol–water partition coefficient (Wildman–Crippen LogP) is 3.06. The number of benzene rings is 2. The number of hydrogen-bond donors (Lipinski definition) is 2. The largest absolute Gasteiger partial charge is 0.445 e. The molecule has 0 aromatic heterocycles. The average Bonchev–Trinajstić information content (AvgIpc) is 2.62. The van der Waals surface area contributed by atoms with Crippen LogP contribution in [-0.2, 0) is 11.3 Å². The van der Waals surface area contributed by atoms with E-state index in [1.54, 1.807) is 0 Å². The number of nitrogens with one attached hydrogen (secondary N) is 2. The number of rotatable bonds is 4. The quantitative estimate of drug-likeness (QED) is 0.912. The van der Waals surface area contributed by atoms with Crippen molar-refractivity contribution in [3.63, 3.8) is 0 Å². The van der Waals surface area contributed by atoms with E-state index in [4.69, 9.17) is 4.74 Å². The molecule has 4 nitrogen and oxygen atoms in total. The SMILES string of the molecule is O=C(N[C@@H]1CCNC[C@H]1c1ccccc1)OCc1ccccc1. The smallest absolute Gasteiger partial charge is 0.407 e. The Kier molecular flexibility index (Phi) is 5.27. The van der Waals surface area contributed by atoms with E-state index in [1.165, 1.54) is 5.56 Å². The first kappa shape index (κ1) is 15.6. The van der Waals surface area contributed by atoms with Gasteiger partial charge in [-0.25, -0.2) is 4.79 Å². The fourth-order valence-electron chi connectivity index (χ4n) is 3.00. The van der Waals surface area contributed by atoms with Gasteiger partial charge in [0.15, 0.2) is 0 Å². The Balaban J connectivity index is 1.57. The van der Waals surface area contributed by atoms with E-state index in [1.807, 2.05) is 48.5 Å². The van der Waals surface area contributed by atoms with Crippen LogP contribution in [-0.4, -0.2) is 25.2 Å². The number of carbonyl (C=O) groups is 1. The molecule has 0 aliphatic carbocycles. The first-order chi connectivity index (χ1) is 11.3. The molecule has 0 spiro atoms. The van der Waals surface area contributed by atoms with Gasteiger partial charge >= 0.3 is 6.09 Å². The second-order valence-electron chi connectivity index (χ2n) is 5.82. The summed E-state index contributed by atoms with van der Waals surface area (Å²) in [6.07, 6.45) is 0.557. The van der Waals surface area contributed by atoms with Crippen LogP contribution in [0.25, 0.3) is 0 Å². The molecule has 2 aromatic carbocycles. The molecule has 120 valence electrons. The maximum Gasteiger partial charge on any atom is 0.407 e. The van der Waals surface area contributed by atoms with E-state index in [0.29, 0.717) is 6.61 Å². The number of amides is 1. The van der Waals surface area contributed by atoms with Crippen LogP contribution in [0.1, 0.15) is 23.5 Å². The lowest BCUT2D eigenvalue weighted by Gasteiger charge is -2.32. The van der Waals surface area contributed by atoms with Crippen molar-refractivity contribution in [2.75, 3.05) is 13.1 Å². The van der Waals surface area contributed by atoms with Gasteiger partial charge in [-0.1, -0.05) is 60.7 Å². The van der Waals surface area contributed by atoms with E-state index < -0.39 is 0 Å². The Labute approximate surface area is 136 Å². The highest BCUT2D eigenvalue weighted by Gasteiger charge is 2.27. The third-order valence-corrected chi connectivity index (χ3v) is 4.23. The van der Waals surface area contributed by atoms with E-state index in [0.717, 1.165) is 25.1 Å². The number of carbonyl (C=O) groups excluding carboxylic acids is 1. The number of ether oxygens (including phenoxy) is 1. The summed E-state index contributed by atoms with van der Waals surface area (Å²) >= 11 is 0. The monoisotopic (exact) mass is 310 g/mol. The molecule has 3 rings (SSSR count). The van der Waals surface area contributed by atoms with Crippen LogP contribution < -0.4 is 10.6 Å². The third-order valence-electron chi connectivity index (χ3n) is 4.23. The standard InChI is InChI=1S/C19H22N2O2/c22-19(23-14-15-7-3-1-4-8-15)21-18-11-12-20-13-17(18)16-9-5-2-6-10-16/h1-10,17-18,20H,11-14H2,(H,21,22)/t17-,18+/m0/s1. The summed E-state index contributed by atoms with van der Waals surface area (Å²) in [6, 6.07) is 20.1. The molecule has 1 fully saturated rings. The summed E-state index contributed by atoms with van der Waals surface area (Å²) in [5, 5.41) is 6.44. The molecule has 0 radical (unpaired) electrons. The highest BCUT2D eigenvalue weighted by Crippen LogP contribution is 2.23. The van der Waals surface area contributed by atoms with Crippen molar-refractivity contribution in [2.24, 2.45) is 0 Å². The minimum Gasteiger partial charge on any atom is -0.445 e. The van der Waals surface area contributed by atoms with E-state index in [9.17, 15) is 4.79 Å². The number of alkyl carbamates (subject to hydrolysis) is 1. The molecule has 2 aromatic rings. The van der Waals surface area contributed by atoms with Gasteiger partial charge in [0.25, 0.3) is 0 Å². The second kappa shape index (κ2) is 7.79. The normalized spacial score (nSPS) is 20.7. The molecule has 2 N–H and O–H groups in total. The fourth-order valence-corrected chi connectivity index (χ4v) is 3.00. The maximum absolute atomic E-state index is 12.1. The van der Waals surface area contributed by atoms with Gasteiger partial charge in [0.2, 0.25) is 0 Å².